The lowest BCUT2D eigenvalue weighted by molar-refractivity contribution is 0.234. The van der Waals surface area contributed by atoms with Crippen molar-refractivity contribution in [2.45, 2.75) is 32.4 Å². The molecule has 0 saturated carbocycles. The summed E-state index contributed by atoms with van der Waals surface area (Å²) in [6.07, 6.45) is 4.39. The van der Waals surface area contributed by atoms with Gasteiger partial charge < -0.3 is 15.4 Å². The zero-order valence-corrected chi connectivity index (χ0v) is 14.0. The van der Waals surface area contributed by atoms with Gasteiger partial charge in [0.25, 0.3) is 0 Å². The molecule has 0 unspecified atom stereocenters. The number of aryl methyl sites for hydroxylation is 1. The Morgan fingerprint density at radius 3 is 2.78 bits per heavy atom. The molecule has 6 heteroatoms. The van der Waals surface area contributed by atoms with E-state index in [1.165, 1.54) is 0 Å². The lowest BCUT2D eigenvalue weighted by atomic mass is 10.1. The maximum absolute atomic E-state index is 12.1. The lowest BCUT2D eigenvalue weighted by Crippen LogP contribution is -2.42. The molecular weight excluding hydrogens is 292 g/mol. The average Bonchev–Trinajstić information content (AvgIpc) is 2.93. The summed E-state index contributed by atoms with van der Waals surface area (Å²) >= 11 is 0. The van der Waals surface area contributed by atoms with Crippen molar-refractivity contribution in [1.29, 1.82) is 0 Å². The number of nitrogens with zero attached hydrogens (tertiary/aromatic N) is 2. The quantitative estimate of drug-likeness (QED) is 0.860. The second kappa shape index (κ2) is 7.67. The number of urea groups is 1. The fourth-order valence-corrected chi connectivity index (χ4v) is 2.41. The first kappa shape index (κ1) is 16.9. The summed E-state index contributed by atoms with van der Waals surface area (Å²) in [5, 5.41) is 9.99. The van der Waals surface area contributed by atoms with Crippen LogP contribution in [0.4, 0.5) is 4.79 Å². The Balaban J connectivity index is 1.84. The normalized spacial score (nSPS) is 13.2. The molecule has 0 fully saturated rings. The van der Waals surface area contributed by atoms with Crippen LogP contribution in [0.25, 0.3) is 0 Å². The summed E-state index contributed by atoms with van der Waals surface area (Å²) in [5.41, 5.74) is 2.10. The summed E-state index contributed by atoms with van der Waals surface area (Å²) in [5.74, 6) is 0.823. The number of carbonyl (C=O) groups excluding carboxylic acids is 1. The number of benzene rings is 1. The van der Waals surface area contributed by atoms with Crippen LogP contribution in [0.2, 0.25) is 0 Å². The number of nitrogens with one attached hydrogen (secondary N) is 2. The molecule has 1 aromatic heterocycles. The predicted octanol–water partition coefficient (Wildman–Crippen LogP) is 2.42. The van der Waals surface area contributed by atoms with E-state index in [0.717, 1.165) is 23.3 Å². The van der Waals surface area contributed by atoms with Crippen molar-refractivity contribution in [2.24, 2.45) is 7.05 Å². The zero-order valence-electron chi connectivity index (χ0n) is 14.0. The summed E-state index contributed by atoms with van der Waals surface area (Å²) in [6, 6.07) is 7.60. The molecular formula is C17H24N4O2. The van der Waals surface area contributed by atoms with Crippen molar-refractivity contribution in [3.63, 3.8) is 0 Å². The molecule has 2 aromatic rings. The van der Waals surface area contributed by atoms with Gasteiger partial charge in [-0.15, -0.1) is 0 Å². The van der Waals surface area contributed by atoms with Gasteiger partial charge >= 0.3 is 6.03 Å². The van der Waals surface area contributed by atoms with Crippen LogP contribution >= 0.6 is 0 Å². The molecule has 0 aliphatic heterocycles. The van der Waals surface area contributed by atoms with E-state index in [9.17, 15) is 4.79 Å². The van der Waals surface area contributed by atoms with Crippen molar-refractivity contribution in [1.82, 2.24) is 20.4 Å². The molecule has 2 rings (SSSR count). The van der Waals surface area contributed by atoms with Gasteiger partial charge in [0.2, 0.25) is 0 Å². The topological polar surface area (TPSA) is 68.2 Å². The number of hydrogen-bond donors (Lipinski definition) is 2. The first-order valence-corrected chi connectivity index (χ1v) is 7.66. The van der Waals surface area contributed by atoms with Crippen LogP contribution in [0.3, 0.4) is 0 Å². The van der Waals surface area contributed by atoms with Crippen LogP contribution in [-0.2, 0) is 13.5 Å². The Kier molecular flexibility index (Phi) is 5.62. The molecule has 124 valence electrons. The summed E-state index contributed by atoms with van der Waals surface area (Å²) < 4.78 is 6.93. The Labute approximate surface area is 136 Å². The SMILES string of the molecule is COc1cccc(C[C@@H](C)NC(=O)N[C@H](C)c2cnn(C)c2)c1. The fourth-order valence-electron chi connectivity index (χ4n) is 2.41. The van der Waals surface area contributed by atoms with Crippen molar-refractivity contribution in [2.75, 3.05) is 7.11 Å². The number of methoxy groups -OCH3 is 1. The standard InChI is InChI=1S/C17H24N4O2/c1-12(8-14-6-5-7-16(9-14)23-4)19-17(22)20-13(2)15-10-18-21(3)11-15/h5-7,9-13H,8H2,1-4H3,(H2,19,20,22)/t12-,13-/m1/s1. The third-order valence-corrected chi connectivity index (χ3v) is 3.63. The van der Waals surface area contributed by atoms with Crippen LogP contribution < -0.4 is 15.4 Å². The van der Waals surface area contributed by atoms with E-state index in [1.807, 2.05) is 51.4 Å². The number of hydrogen-bond acceptors (Lipinski definition) is 3. The molecule has 1 heterocycles. The lowest BCUT2D eigenvalue weighted by Gasteiger charge is -2.18. The van der Waals surface area contributed by atoms with Gasteiger partial charge in [-0.1, -0.05) is 12.1 Å². The van der Waals surface area contributed by atoms with Crippen LogP contribution in [0.15, 0.2) is 36.7 Å². The molecule has 2 N–H and O–H groups in total. The highest BCUT2D eigenvalue weighted by molar-refractivity contribution is 5.74. The van der Waals surface area contributed by atoms with Gasteiger partial charge in [0.05, 0.1) is 19.3 Å². The molecule has 0 aliphatic carbocycles. The molecule has 2 atom stereocenters. The van der Waals surface area contributed by atoms with E-state index in [0.29, 0.717) is 0 Å². The molecule has 1 aromatic carbocycles. The van der Waals surface area contributed by atoms with Gasteiger partial charge in [0.15, 0.2) is 0 Å². The maximum Gasteiger partial charge on any atom is 0.315 e. The van der Waals surface area contributed by atoms with Gasteiger partial charge in [-0.2, -0.15) is 5.10 Å². The van der Waals surface area contributed by atoms with Gasteiger partial charge in [0.1, 0.15) is 5.75 Å². The monoisotopic (exact) mass is 316 g/mol. The van der Waals surface area contributed by atoms with Crippen LogP contribution in [0, 0.1) is 0 Å². The third kappa shape index (κ3) is 5.02. The minimum absolute atomic E-state index is 0.0169. The van der Waals surface area contributed by atoms with E-state index in [-0.39, 0.29) is 18.1 Å². The van der Waals surface area contributed by atoms with E-state index in [1.54, 1.807) is 18.0 Å². The van der Waals surface area contributed by atoms with Crippen LogP contribution in [-0.4, -0.2) is 29.0 Å². The first-order chi connectivity index (χ1) is 11.0. The Bertz CT molecular complexity index is 654. The second-order valence-corrected chi connectivity index (χ2v) is 5.74. The minimum atomic E-state index is -0.184. The third-order valence-electron chi connectivity index (χ3n) is 3.63. The van der Waals surface area contributed by atoms with Gasteiger partial charge in [-0.3, -0.25) is 4.68 Å². The highest BCUT2D eigenvalue weighted by Crippen LogP contribution is 2.14. The highest BCUT2D eigenvalue weighted by Gasteiger charge is 2.13. The first-order valence-electron chi connectivity index (χ1n) is 7.66. The smallest absolute Gasteiger partial charge is 0.315 e. The van der Waals surface area contributed by atoms with Gasteiger partial charge in [-0.05, 0) is 38.0 Å². The van der Waals surface area contributed by atoms with Crippen LogP contribution in [0.5, 0.6) is 5.75 Å². The highest BCUT2D eigenvalue weighted by atomic mass is 16.5. The van der Waals surface area contributed by atoms with Crippen molar-refractivity contribution < 1.29 is 9.53 Å². The van der Waals surface area contributed by atoms with Crippen LogP contribution in [0.1, 0.15) is 31.0 Å². The van der Waals surface area contributed by atoms with E-state index in [4.69, 9.17) is 4.74 Å². The largest absolute Gasteiger partial charge is 0.497 e. The molecule has 2 amide bonds. The van der Waals surface area contributed by atoms with Crippen molar-refractivity contribution in [3.05, 3.63) is 47.8 Å². The van der Waals surface area contributed by atoms with E-state index in [2.05, 4.69) is 15.7 Å². The fraction of sp³-hybridized carbons (Fsp3) is 0.412. The summed E-state index contributed by atoms with van der Waals surface area (Å²) in [7, 11) is 3.50. The zero-order chi connectivity index (χ0) is 16.8. The Morgan fingerprint density at radius 2 is 2.13 bits per heavy atom. The summed E-state index contributed by atoms with van der Waals surface area (Å²) in [4.78, 5) is 12.1. The van der Waals surface area contributed by atoms with E-state index >= 15 is 0 Å². The maximum atomic E-state index is 12.1. The molecule has 6 nitrogen and oxygen atoms in total. The number of ether oxygens (including phenoxy) is 1. The Morgan fingerprint density at radius 1 is 1.35 bits per heavy atom. The second-order valence-electron chi connectivity index (χ2n) is 5.74. The van der Waals surface area contributed by atoms with Crippen molar-refractivity contribution in [3.8, 4) is 5.75 Å². The van der Waals surface area contributed by atoms with Gasteiger partial charge in [0, 0.05) is 24.8 Å². The molecule has 0 bridgehead atoms. The molecule has 0 spiro atoms. The van der Waals surface area contributed by atoms with Gasteiger partial charge in [-0.25, -0.2) is 4.79 Å². The number of rotatable bonds is 6. The van der Waals surface area contributed by atoms with E-state index < -0.39 is 0 Å². The number of aromatic nitrogens is 2. The Hall–Kier alpha value is -2.50. The number of carbonyl (C=O) groups is 1. The van der Waals surface area contributed by atoms with Crippen molar-refractivity contribution >= 4 is 6.03 Å². The minimum Gasteiger partial charge on any atom is -0.497 e. The number of amides is 2. The molecule has 0 aliphatic rings. The summed E-state index contributed by atoms with van der Waals surface area (Å²) in [6.45, 7) is 3.91. The molecule has 23 heavy (non-hydrogen) atoms. The molecule has 0 saturated heterocycles. The molecule has 0 radical (unpaired) electrons. The predicted molar refractivity (Wildman–Crippen MR) is 89.5 cm³/mol. The average molecular weight is 316 g/mol.